The highest BCUT2D eigenvalue weighted by atomic mass is 32.1. The molecule has 1 unspecified atom stereocenters. The number of rotatable bonds is 6. The summed E-state index contributed by atoms with van der Waals surface area (Å²) in [5, 5.41) is 20.3. The zero-order valence-corrected chi connectivity index (χ0v) is 13.4. The monoisotopic (exact) mass is 329 g/mol. The van der Waals surface area contributed by atoms with Crippen LogP contribution in [0, 0.1) is 0 Å². The van der Waals surface area contributed by atoms with Gasteiger partial charge in [-0.2, -0.15) is 11.3 Å². The standard InChI is InChI=1S/C17H19N3O2S/c21-16(13-6-8-23-11-13)10-19-17(22)18-7-5-14-9-12-3-1-2-4-15(12)20-14/h1-4,6,8-9,11,16,20-21H,5,7,10H2,(H2,18,19,22). The summed E-state index contributed by atoms with van der Waals surface area (Å²) in [5.41, 5.74) is 3.02. The molecule has 1 aromatic carbocycles. The second kappa shape index (κ2) is 7.30. The third-order valence-electron chi connectivity index (χ3n) is 3.65. The van der Waals surface area contributed by atoms with Crippen LogP contribution in [0.15, 0.2) is 47.2 Å². The number of H-pyrrole nitrogens is 1. The largest absolute Gasteiger partial charge is 0.387 e. The average molecular weight is 329 g/mol. The molecular weight excluding hydrogens is 310 g/mol. The molecule has 0 saturated carbocycles. The van der Waals surface area contributed by atoms with Gasteiger partial charge in [0.15, 0.2) is 0 Å². The topological polar surface area (TPSA) is 77.2 Å². The molecule has 2 amide bonds. The van der Waals surface area contributed by atoms with Crippen molar-refractivity contribution in [1.82, 2.24) is 15.6 Å². The number of para-hydroxylation sites is 1. The van der Waals surface area contributed by atoms with Crippen LogP contribution < -0.4 is 10.6 Å². The summed E-state index contributed by atoms with van der Waals surface area (Å²) in [6.07, 6.45) is 0.0653. The molecule has 2 heterocycles. The van der Waals surface area contributed by atoms with E-state index in [-0.39, 0.29) is 12.6 Å². The molecule has 120 valence electrons. The summed E-state index contributed by atoms with van der Waals surface area (Å²) in [7, 11) is 0. The molecule has 1 atom stereocenters. The second-order valence-electron chi connectivity index (χ2n) is 5.34. The maximum Gasteiger partial charge on any atom is 0.314 e. The van der Waals surface area contributed by atoms with Gasteiger partial charge in [-0.3, -0.25) is 0 Å². The van der Waals surface area contributed by atoms with Gasteiger partial charge < -0.3 is 20.7 Å². The first-order valence-electron chi connectivity index (χ1n) is 7.51. The number of hydrogen-bond acceptors (Lipinski definition) is 3. The van der Waals surface area contributed by atoms with Gasteiger partial charge in [-0.15, -0.1) is 0 Å². The summed E-state index contributed by atoms with van der Waals surface area (Å²) in [5.74, 6) is 0. The van der Waals surface area contributed by atoms with Crippen molar-refractivity contribution in [2.45, 2.75) is 12.5 Å². The number of amides is 2. The van der Waals surface area contributed by atoms with E-state index in [1.165, 1.54) is 16.7 Å². The van der Waals surface area contributed by atoms with Crippen LogP contribution in [0.2, 0.25) is 0 Å². The number of aromatic nitrogens is 1. The number of fused-ring (bicyclic) bond motifs is 1. The van der Waals surface area contributed by atoms with Crippen LogP contribution in [0.4, 0.5) is 4.79 Å². The number of nitrogens with one attached hydrogen (secondary N) is 3. The Kier molecular flexibility index (Phi) is 4.95. The molecule has 5 nitrogen and oxygen atoms in total. The molecule has 0 radical (unpaired) electrons. The number of aliphatic hydroxyl groups is 1. The van der Waals surface area contributed by atoms with Crippen LogP contribution in [0.25, 0.3) is 10.9 Å². The van der Waals surface area contributed by atoms with Crippen molar-refractivity contribution in [3.63, 3.8) is 0 Å². The van der Waals surface area contributed by atoms with Crippen molar-refractivity contribution in [3.05, 3.63) is 58.4 Å². The minimum atomic E-state index is -0.666. The first-order valence-corrected chi connectivity index (χ1v) is 8.45. The van der Waals surface area contributed by atoms with E-state index in [1.54, 1.807) is 0 Å². The Labute approximate surface area is 138 Å². The van der Waals surface area contributed by atoms with Gasteiger partial charge >= 0.3 is 6.03 Å². The number of urea groups is 1. The van der Waals surface area contributed by atoms with Crippen LogP contribution in [0.5, 0.6) is 0 Å². The smallest absolute Gasteiger partial charge is 0.314 e. The van der Waals surface area contributed by atoms with Gasteiger partial charge in [0, 0.05) is 30.7 Å². The van der Waals surface area contributed by atoms with E-state index >= 15 is 0 Å². The molecule has 3 aromatic rings. The Morgan fingerprint density at radius 3 is 2.91 bits per heavy atom. The fraction of sp³-hybridized carbons (Fsp3) is 0.235. The first-order chi connectivity index (χ1) is 11.2. The summed E-state index contributed by atoms with van der Waals surface area (Å²) in [6, 6.07) is 11.8. The maximum absolute atomic E-state index is 11.7. The Balaban J connectivity index is 1.40. The van der Waals surface area contributed by atoms with E-state index in [0.717, 1.165) is 23.2 Å². The molecule has 0 aliphatic rings. The van der Waals surface area contributed by atoms with Crippen LogP contribution in [0.3, 0.4) is 0 Å². The van der Waals surface area contributed by atoms with E-state index in [0.29, 0.717) is 6.54 Å². The van der Waals surface area contributed by atoms with Gasteiger partial charge in [-0.25, -0.2) is 4.79 Å². The predicted molar refractivity (Wildman–Crippen MR) is 92.7 cm³/mol. The molecule has 4 N–H and O–H groups in total. The highest BCUT2D eigenvalue weighted by Crippen LogP contribution is 2.15. The van der Waals surface area contributed by atoms with Gasteiger partial charge in [0.25, 0.3) is 0 Å². The highest BCUT2D eigenvalue weighted by Gasteiger charge is 2.09. The molecule has 0 fully saturated rings. The van der Waals surface area contributed by atoms with Gasteiger partial charge in [0.2, 0.25) is 0 Å². The van der Waals surface area contributed by atoms with Crippen molar-refractivity contribution in [1.29, 1.82) is 0 Å². The fourth-order valence-electron chi connectivity index (χ4n) is 2.41. The molecular formula is C17H19N3O2S. The van der Waals surface area contributed by atoms with Crippen molar-refractivity contribution in [2.75, 3.05) is 13.1 Å². The summed E-state index contributed by atoms with van der Waals surface area (Å²) in [6.45, 7) is 0.738. The quantitative estimate of drug-likeness (QED) is 0.561. The number of carbonyl (C=O) groups excluding carboxylic acids is 1. The minimum Gasteiger partial charge on any atom is -0.387 e. The number of aromatic amines is 1. The molecule has 0 aliphatic carbocycles. The van der Waals surface area contributed by atoms with E-state index in [1.807, 2.05) is 35.0 Å². The number of carbonyl (C=O) groups is 1. The molecule has 6 heteroatoms. The van der Waals surface area contributed by atoms with E-state index in [9.17, 15) is 9.90 Å². The number of aliphatic hydroxyl groups excluding tert-OH is 1. The van der Waals surface area contributed by atoms with Crippen LogP contribution >= 0.6 is 11.3 Å². The summed E-state index contributed by atoms with van der Waals surface area (Å²) >= 11 is 1.52. The van der Waals surface area contributed by atoms with Crippen LogP contribution in [0.1, 0.15) is 17.4 Å². The van der Waals surface area contributed by atoms with Crippen LogP contribution in [-0.2, 0) is 6.42 Å². The Morgan fingerprint density at radius 2 is 2.13 bits per heavy atom. The highest BCUT2D eigenvalue weighted by molar-refractivity contribution is 7.07. The average Bonchev–Trinajstić information content (AvgIpc) is 3.21. The fourth-order valence-corrected chi connectivity index (χ4v) is 3.12. The lowest BCUT2D eigenvalue weighted by Gasteiger charge is -2.11. The molecule has 0 bridgehead atoms. The lowest BCUT2D eigenvalue weighted by Crippen LogP contribution is -2.38. The Morgan fingerprint density at radius 1 is 1.26 bits per heavy atom. The third-order valence-corrected chi connectivity index (χ3v) is 4.35. The van der Waals surface area contributed by atoms with Gasteiger partial charge in [0.1, 0.15) is 0 Å². The molecule has 0 spiro atoms. The van der Waals surface area contributed by atoms with Crippen molar-refractivity contribution < 1.29 is 9.90 Å². The number of hydrogen-bond donors (Lipinski definition) is 4. The maximum atomic E-state index is 11.7. The lowest BCUT2D eigenvalue weighted by atomic mass is 10.2. The molecule has 23 heavy (non-hydrogen) atoms. The zero-order chi connectivity index (χ0) is 16.1. The summed E-state index contributed by atoms with van der Waals surface area (Å²) in [4.78, 5) is 15.1. The van der Waals surface area contributed by atoms with E-state index in [2.05, 4.69) is 27.8 Å². The minimum absolute atomic E-state index is 0.203. The van der Waals surface area contributed by atoms with Crippen molar-refractivity contribution in [2.24, 2.45) is 0 Å². The third kappa shape index (κ3) is 4.12. The Hall–Kier alpha value is -2.31. The second-order valence-corrected chi connectivity index (χ2v) is 6.12. The van der Waals surface area contributed by atoms with Gasteiger partial charge in [0.05, 0.1) is 6.10 Å². The SMILES string of the molecule is O=C(NCCc1cc2ccccc2[nH]1)NCC(O)c1ccsc1. The van der Waals surface area contributed by atoms with Crippen molar-refractivity contribution >= 4 is 28.3 Å². The lowest BCUT2D eigenvalue weighted by molar-refractivity contribution is 0.173. The number of benzene rings is 1. The molecule has 0 saturated heterocycles. The predicted octanol–water partition coefficient (Wildman–Crippen LogP) is 2.80. The number of thiophene rings is 1. The molecule has 3 rings (SSSR count). The first kappa shape index (κ1) is 15.6. The summed E-state index contributed by atoms with van der Waals surface area (Å²) < 4.78 is 0. The molecule has 0 aliphatic heterocycles. The van der Waals surface area contributed by atoms with E-state index in [4.69, 9.17) is 0 Å². The van der Waals surface area contributed by atoms with Gasteiger partial charge in [-0.05, 0) is 39.9 Å². The zero-order valence-electron chi connectivity index (χ0n) is 12.6. The normalized spacial score (nSPS) is 12.2. The van der Waals surface area contributed by atoms with Crippen LogP contribution in [-0.4, -0.2) is 29.2 Å². The molecule has 2 aromatic heterocycles. The Bertz CT molecular complexity index is 734. The van der Waals surface area contributed by atoms with Gasteiger partial charge in [-0.1, -0.05) is 18.2 Å². The van der Waals surface area contributed by atoms with E-state index < -0.39 is 6.10 Å². The van der Waals surface area contributed by atoms with Crippen molar-refractivity contribution in [3.8, 4) is 0 Å².